The van der Waals surface area contributed by atoms with Crippen molar-refractivity contribution < 1.29 is 17.5 Å². The minimum atomic E-state index is -3.75. The number of sulfonamides is 1. The first-order valence-corrected chi connectivity index (χ1v) is 10.4. The predicted octanol–water partition coefficient (Wildman–Crippen LogP) is 2.00. The summed E-state index contributed by atoms with van der Waals surface area (Å²) >= 11 is 0. The lowest BCUT2D eigenvalue weighted by molar-refractivity contribution is 0.223. The molecule has 0 aliphatic carbocycles. The Labute approximate surface area is 164 Å². The summed E-state index contributed by atoms with van der Waals surface area (Å²) in [7, 11) is -3.75. The van der Waals surface area contributed by atoms with Crippen molar-refractivity contribution in [2.75, 3.05) is 13.1 Å². The van der Waals surface area contributed by atoms with Crippen molar-refractivity contribution in [3.63, 3.8) is 0 Å². The maximum Gasteiger partial charge on any atom is 0.238 e. The smallest absolute Gasteiger partial charge is 0.238 e. The van der Waals surface area contributed by atoms with Gasteiger partial charge in [0.15, 0.2) is 5.96 Å². The number of benzene rings is 2. The van der Waals surface area contributed by atoms with E-state index in [1.165, 1.54) is 24.3 Å². The molecule has 0 amide bonds. The van der Waals surface area contributed by atoms with Crippen LogP contribution in [0, 0.1) is 5.82 Å². The van der Waals surface area contributed by atoms with E-state index in [1.807, 2.05) is 13.8 Å². The van der Waals surface area contributed by atoms with Crippen LogP contribution in [0.2, 0.25) is 0 Å². The molecule has 0 radical (unpaired) electrons. The van der Waals surface area contributed by atoms with Crippen LogP contribution in [0.25, 0.3) is 0 Å². The lowest BCUT2D eigenvalue weighted by Crippen LogP contribution is -2.41. The minimum Gasteiger partial charge on any atom is -0.489 e. The summed E-state index contributed by atoms with van der Waals surface area (Å²) < 4.78 is 41.8. The quantitative estimate of drug-likeness (QED) is 0.458. The third-order valence-electron chi connectivity index (χ3n) is 3.68. The van der Waals surface area contributed by atoms with Crippen molar-refractivity contribution >= 4 is 16.0 Å². The molecule has 0 aromatic heterocycles. The maximum atomic E-state index is 13.2. The molecular weight excluding hydrogens is 383 g/mol. The maximum absolute atomic E-state index is 13.2. The number of nitrogens with one attached hydrogen (secondary N) is 2. The second kappa shape index (κ2) is 10.0. The van der Waals surface area contributed by atoms with Gasteiger partial charge in [0.25, 0.3) is 0 Å². The lowest BCUT2D eigenvalue weighted by atomic mass is 10.2. The largest absolute Gasteiger partial charge is 0.489 e. The van der Waals surface area contributed by atoms with E-state index in [0.717, 1.165) is 0 Å². The number of ether oxygens (including phenoxy) is 1. The average Bonchev–Trinajstić information content (AvgIpc) is 2.63. The standard InChI is InChI=1S/C19H25FN4O3S/c1-3-22-19(23-12-14(2)27-17-8-5-7-16(20)11-17)24-13-15-6-4-9-18(10-15)28(21,25)26/h4-11,14H,3,12-13H2,1-2H3,(H2,21,25,26)(H2,22,23,24). The summed E-state index contributed by atoms with van der Waals surface area (Å²) in [5, 5.41) is 11.4. The Kier molecular flexibility index (Phi) is 7.77. The molecule has 0 bridgehead atoms. The number of nitrogens with zero attached hydrogens (tertiary/aromatic N) is 1. The fourth-order valence-electron chi connectivity index (χ4n) is 2.39. The van der Waals surface area contributed by atoms with Gasteiger partial charge in [-0.15, -0.1) is 0 Å². The minimum absolute atomic E-state index is 0.0512. The van der Waals surface area contributed by atoms with Crippen LogP contribution in [0.15, 0.2) is 58.4 Å². The number of halogens is 1. The monoisotopic (exact) mass is 408 g/mol. The van der Waals surface area contributed by atoms with E-state index in [4.69, 9.17) is 9.88 Å². The van der Waals surface area contributed by atoms with E-state index in [-0.39, 0.29) is 23.4 Å². The van der Waals surface area contributed by atoms with Gasteiger partial charge in [0.2, 0.25) is 10.0 Å². The van der Waals surface area contributed by atoms with Crippen LogP contribution in [-0.4, -0.2) is 33.6 Å². The highest BCUT2D eigenvalue weighted by Crippen LogP contribution is 2.13. The van der Waals surface area contributed by atoms with Gasteiger partial charge in [0.05, 0.1) is 18.0 Å². The molecule has 0 saturated heterocycles. The van der Waals surface area contributed by atoms with Crippen molar-refractivity contribution in [3.05, 3.63) is 59.9 Å². The van der Waals surface area contributed by atoms with Gasteiger partial charge in [-0.05, 0) is 43.7 Å². The molecule has 7 nitrogen and oxygen atoms in total. The van der Waals surface area contributed by atoms with Gasteiger partial charge < -0.3 is 15.4 Å². The van der Waals surface area contributed by atoms with Crippen molar-refractivity contribution in [2.24, 2.45) is 10.1 Å². The molecule has 28 heavy (non-hydrogen) atoms. The molecule has 152 valence electrons. The number of hydrogen-bond donors (Lipinski definition) is 3. The number of nitrogens with two attached hydrogens (primary N) is 1. The third kappa shape index (κ3) is 7.16. The number of aliphatic imine (C=N–C) groups is 1. The molecule has 0 fully saturated rings. The van der Waals surface area contributed by atoms with Gasteiger partial charge in [0, 0.05) is 12.6 Å². The number of guanidine groups is 1. The van der Waals surface area contributed by atoms with Gasteiger partial charge in [-0.1, -0.05) is 18.2 Å². The van der Waals surface area contributed by atoms with Gasteiger partial charge in [-0.2, -0.15) is 0 Å². The summed E-state index contributed by atoms with van der Waals surface area (Å²) in [4.78, 5) is 4.49. The second-order valence-corrected chi connectivity index (χ2v) is 7.72. The lowest BCUT2D eigenvalue weighted by Gasteiger charge is -2.17. The number of hydrogen-bond acceptors (Lipinski definition) is 4. The van der Waals surface area contributed by atoms with Crippen LogP contribution in [0.5, 0.6) is 5.75 Å². The Morgan fingerprint density at radius 3 is 2.64 bits per heavy atom. The molecule has 0 spiro atoms. The molecule has 2 aromatic carbocycles. The fraction of sp³-hybridized carbons (Fsp3) is 0.316. The third-order valence-corrected chi connectivity index (χ3v) is 4.59. The molecule has 1 atom stereocenters. The van der Waals surface area contributed by atoms with Crippen LogP contribution in [0.3, 0.4) is 0 Å². The molecule has 0 aliphatic rings. The van der Waals surface area contributed by atoms with Crippen LogP contribution in [0.1, 0.15) is 19.4 Å². The van der Waals surface area contributed by atoms with Crippen LogP contribution in [0.4, 0.5) is 4.39 Å². The molecule has 0 heterocycles. The van der Waals surface area contributed by atoms with Crippen molar-refractivity contribution in [3.8, 4) is 5.75 Å². The Bertz CT molecular complexity index is 919. The average molecular weight is 408 g/mol. The molecule has 0 saturated carbocycles. The predicted molar refractivity (Wildman–Crippen MR) is 107 cm³/mol. The summed E-state index contributed by atoms with van der Waals surface area (Å²) in [5.74, 6) is 0.656. The molecule has 0 aliphatic heterocycles. The highest BCUT2D eigenvalue weighted by molar-refractivity contribution is 7.89. The Morgan fingerprint density at radius 2 is 1.96 bits per heavy atom. The van der Waals surface area contributed by atoms with E-state index >= 15 is 0 Å². The van der Waals surface area contributed by atoms with Gasteiger partial charge in [-0.3, -0.25) is 0 Å². The zero-order valence-electron chi connectivity index (χ0n) is 15.9. The zero-order valence-corrected chi connectivity index (χ0v) is 16.7. The first-order chi connectivity index (χ1) is 13.3. The molecular formula is C19H25FN4O3S. The summed E-state index contributed by atoms with van der Waals surface area (Å²) in [6.45, 7) is 5.17. The van der Waals surface area contributed by atoms with E-state index < -0.39 is 10.0 Å². The topological polar surface area (TPSA) is 106 Å². The molecule has 4 N–H and O–H groups in total. The van der Waals surface area contributed by atoms with Crippen molar-refractivity contribution in [2.45, 2.75) is 31.4 Å². The molecule has 2 rings (SSSR count). The van der Waals surface area contributed by atoms with E-state index in [9.17, 15) is 12.8 Å². The number of primary sulfonamides is 1. The Hall–Kier alpha value is -2.65. The van der Waals surface area contributed by atoms with E-state index in [0.29, 0.717) is 30.4 Å². The highest BCUT2D eigenvalue weighted by Gasteiger charge is 2.09. The van der Waals surface area contributed by atoms with Crippen molar-refractivity contribution in [1.29, 1.82) is 0 Å². The normalized spacial score (nSPS) is 13.1. The molecule has 1 unspecified atom stereocenters. The van der Waals surface area contributed by atoms with Crippen LogP contribution >= 0.6 is 0 Å². The van der Waals surface area contributed by atoms with Crippen LogP contribution < -0.4 is 20.5 Å². The summed E-state index contributed by atoms with van der Waals surface area (Å²) in [5.41, 5.74) is 0.716. The van der Waals surface area contributed by atoms with Gasteiger partial charge in [0.1, 0.15) is 17.7 Å². The van der Waals surface area contributed by atoms with Gasteiger partial charge >= 0.3 is 0 Å². The summed E-state index contributed by atoms with van der Waals surface area (Å²) in [6.07, 6.45) is -0.226. The number of rotatable bonds is 8. The molecule has 9 heteroatoms. The van der Waals surface area contributed by atoms with Crippen molar-refractivity contribution in [1.82, 2.24) is 10.6 Å². The Morgan fingerprint density at radius 1 is 1.21 bits per heavy atom. The highest BCUT2D eigenvalue weighted by atomic mass is 32.2. The Balaban J connectivity index is 1.96. The summed E-state index contributed by atoms with van der Waals surface area (Å²) in [6, 6.07) is 12.3. The first-order valence-electron chi connectivity index (χ1n) is 8.84. The van der Waals surface area contributed by atoms with Crippen LogP contribution in [-0.2, 0) is 16.6 Å². The first kappa shape index (κ1) is 21.6. The fourth-order valence-corrected chi connectivity index (χ4v) is 2.97. The van der Waals surface area contributed by atoms with E-state index in [1.54, 1.807) is 24.3 Å². The van der Waals surface area contributed by atoms with Gasteiger partial charge in [-0.25, -0.2) is 22.9 Å². The zero-order chi connectivity index (χ0) is 20.6. The second-order valence-electron chi connectivity index (χ2n) is 6.15. The SMILES string of the molecule is CCNC(=NCc1cccc(S(N)(=O)=O)c1)NCC(C)Oc1cccc(F)c1. The molecule has 2 aromatic rings. The van der Waals surface area contributed by atoms with E-state index in [2.05, 4.69) is 15.6 Å².